The van der Waals surface area contributed by atoms with E-state index in [0.717, 1.165) is 25.2 Å². The highest BCUT2D eigenvalue weighted by atomic mass is 16.2. The lowest BCUT2D eigenvalue weighted by Crippen LogP contribution is -2.45. The Balaban J connectivity index is 1.91. The molecule has 104 valence electrons. The molecule has 0 aliphatic carbocycles. The summed E-state index contributed by atoms with van der Waals surface area (Å²) in [5, 5.41) is 2.94. The van der Waals surface area contributed by atoms with Crippen molar-refractivity contribution in [1.82, 2.24) is 20.2 Å². The first-order valence-corrected chi connectivity index (χ1v) is 6.63. The highest BCUT2D eigenvalue weighted by molar-refractivity contribution is 5.80. The van der Waals surface area contributed by atoms with Crippen LogP contribution in [0.25, 0.3) is 0 Å². The zero-order valence-electron chi connectivity index (χ0n) is 11.3. The summed E-state index contributed by atoms with van der Waals surface area (Å²) in [5.41, 5.74) is 0. The number of hydrogen-bond donors (Lipinski definition) is 2. The fourth-order valence-corrected chi connectivity index (χ4v) is 2.39. The standard InChI is InChI=1S/C13H20N4O2/c1-9(12-14-5-6-15-12)16-13(19)11-4-3-7-17(8-11)10(2)18/h5-6,9,11H,3-4,7-8H2,1-2H3,(H,14,15)(H,16,19). The van der Waals surface area contributed by atoms with Gasteiger partial charge in [-0.25, -0.2) is 4.98 Å². The summed E-state index contributed by atoms with van der Waals surface area (Å²) in [5.74, 6) is 0.661. The number of piperidine rings is 1. The van der Waals surface area contributed by atoms with E-state index in [0.29, 0.717) is 6.54 Å². The summed E-state index contributed by atoms with van der Waals surface area (Å²) in [6, 6.07) is -0.143. The van der Waals surface area contributed by atoms with Crippen molar-refractivity contribution in [2.45, 2.75) is 32.7 Å². The van der Waals surface area contributed by atoms with Gasteiger partial charge in [0.1, 0.15) is 5.82 Å². The maximum atomic E-state index is 12.2. The van der Waals surface area contributed by atoms with Gasteiger partial charge in [0.15, 0.2) is 0 Å². The van der Waals surface area contributed by atoms with Crippen LogP contribution in [-0.4, -0.2) is 39.8 Å². The molecule has 0 aromatic carbocycles. The predicted molar refractivity (Wildman–Crippen MR) is 70.1 cm³/mol. The number of amides is 2. The first kappa shape index (κ1) is 13.6. The quantitative estimate of drug-likeness (QED) is 0.849. The Morgan fingerprint density at radius 1 is 1.58 bits per heavy atom. The minimum Gasteiger partial charge on any atom is -0.347 e. The van der Waals surface area contributed by atoms with Gasteiger partial charge in [-0.1, -0.05) is 0 Å². The van der Waals surface area contributed by atoms with E-state index in [9.17, 15) is 9.59 Å². The molecule has 6 heteroatoms. The molecule has 2 unspecified atom stereocenters. The molecule has 0 radical (unpaired) electrons. The fraction of sp³-hybridized carbons (Fsp3) is 0.615. The number of aromatic nitrogens is 2. The highest BCUT2D eigenvalue weighted by Gasteiger charge is 2.28. The molecule has 1 saturated heterocycles. The molecule has 1 fully saturated rings. The van der Waals surface area contributed by atoms with Gasteiger partial charge in [-0.05, 0) is 19.8 Å². The topological polar surface area (TPSA) is 78.1 Å². The van der Waals surface area contributed by atoms with Crippen LogP contribution in [0.1, 0.15) is 38.6 Å². The molecule has 2 amide bonds. The van der Waals surface area contributed by atoms with Crippen molar-refractivity contribution >= 4 is 11.8 Å². The summed E-state index contributed by atoms with van der Waals surface area (Å²) in [4.78, 5) is 32.4. The molecule has 2 rings (SSSR count). The van der Waals surface area contributed by atoms with Gasteiger partial charge in [0.05, 0.1) is 12.0 Å². The SMILES string of the molecule is CC(=O)N1CCCC(C(=O)NC(C)c2ncc[nH]2)C1. The molecule has 1 aromatic rings. The average molecular weight is 264 g/mol. The number of imidazole rings is 1. The molecule has 2 N–H and O–H groups in total. The second kappa shape index (κ2) is 5.86. The molecule has 19 heavy (non-hydrogen) atoms. The molecule has 2 atom stereocenters. The second-order valence-corrected chi connectivity index (χ2v) is 5.01. The molecule has 1 aromatic heterocycles. The van der Waals surface area contributed by atoms with E-state index < -0.39 is 0 Å². The van der Waals surface area contributed by atoms with Crippen molar-refractivity contribution in [3.63, 3.8) is 0 Å². The van der Waals surface area contributed by atoms with E-state index in [4.69, 9.17) is 0 Å². The molecule has 2 heterocycles. The zero-order chi connectivity index (χ0) is 13.8. The number of rotatable bonds is 3. The number of likely N-dealkylation sites (tertiary alicyclic amines) is 1. The van der Waals surface area contributed by atoms with Crippen LogP contribution in [0.3, 0.4) is 0 Å². The van der Waals surface area contributed by atoms with Crippen LogP contribution in [0, 0.1) is 5.92 Å². The minimum atomic E-state index is -0.143. The van der Waals surface area contributed by atoms with Crippen molar-refractivity contribution in [2.75, 3.05) is 13.1 Å². The van der Waals surface area contributed by atoms with E-state index in [1.54, 1.807) is 24.2 Å². The molecule has 0 saturated carbocycles. The van der Waals surface area contributed by atoms with Crippen LogP contribution < -0.4 is 5.32 Å². The van der Waals surface area contributed by atoms with E-state index in [2.05, 4.69) is 15.3 Å². The number of H-pyrrole nitrogens is 1. The Labute approximate surface area is 112 Å². The largest absolute Gasteiger partial charge is 0.347 e. The van der Waals surface area contributed by atoms with Crippen molar-refractivity contribution in [2.24, 2.45) is 5.92 Å². The van der Waals surface area contributed by atoms with E-state index in [1.165, 1.54) is 0 Å². The van der Waals surface area contributed by atoms with Gasteiger partial charge >= 0.3 is 0 Å². The first-order valence-electron chi connectivity index (χ1n) is 6.63. The van der Waals surface area contributed by atoms with Crippen LogP contribution in [-0.2, 0) is 9.59 Å². The van der Waals surface area contributed by atoms with Crippen LogP contribution >= 0.6 is 0 Å². The van der Waals surface area contributed by atoms with Gasteiger partial charge < -0.3 is 15.2 Å². The van der Waals surface area contributed by atoms with Crippen LogP contribution in [0.5, 0.6) is 0 Å². The fourth-order valence-electron chi connectivity index (χ4n) is 2.39. The van der Waals surface area contributed by atoms with E-state index >= 15 is 0 Å². The van der Waals surface area contributed by atoms with Crippen LogP contribution in [0.4, 0.5) is 0 Å². The number of nitrogens with one attached hydrogen (secondary N) is 2. The third kappa shape index (κ3) is 3.33. The maximum absolute atomic E-state index is 12.2. The monoisotopic (exact) mass is 264 g/mol. The molecule has 1 aliphatic heterocycles. The smallest absolute Gasteiger partial charge is 0.225 e. The second-order valence-electron chi connectivity index (χ2n) is 5.01. The lowest BCUT2D eigenvalue weighted by atomic mass is 9.97. The van der Waals surface area contributed by atoms with Gasteiger partial charge in [-0.3, -0.25) is 9.59 Å². The maximum Gasteiger partial charge on any atom is 0.225 e. The highest BCUT2D eigenvalue weighted by Crippen LogP contribution is 2.18. The molecule has 1 aliphatic rings. The Kier molecular flexibility index (Phi) is 4.19. The predicted octanol–water partition coefficient (Wildman–Crippen LogP) is 0.845. The number of carbonyl (C=O) groups is 2. The Bertz CT molecular complexity index is 444. The third-order valence-electron chi connectivity index (χ3n) is 3.53. The lowest BCUT2D eigenvalue weighted by molar-refractivity contribution is -0.134. The molecular formula is C13H20N4O2. The molecule has 0 spiro atoms. The summed E-state index contributed by atoms with van der Waals surface area (Å²) in [6.07, 6.45) is 5.11. The normalized spacial score (nSPS) is 20.9. The van der Waals surface area contributed by atoms with Crippen molar-refractivity contribution in [3.05, 3.63) is 18.2 Å². The Morgan fingerprint density at radius 3 is 3.00 bits per heavy atom. The van der Waals surface area contributed by atoms with Crippen molar-refractivity contribution in [3.8, 4) is 0 Å². The van der Waals surface area contributed by atoms with Crippen molar-refractivity contribution < 1.29 is 9.59 Å². The summed E-state index contributed by atoms with van der Waals surface area (Å²) in [7, 11) is 0. The van der Waals surface area contributed by atoms with E-state index in [-0.39, 0.29) is 23.8 Å². The van der Waals surface area contributed by atoms with E-state index in [1.807, 2.05) is 6.92 Å². The van der Waals surface area contributed by atoms with Crippen LogP contribution in [0.2, 0.25) is 0 Å². The summed E-state index contributed by atoms with van der Waals surface area (Å²) >= 11 is 0. The Morgan fingerprint density at radius 2 is 2.37 bits per heavy atom. The third-order valence-corrected chi connectivity index (χ3v) is 3.53. The van der Waals surface area contributed by atoms with Gasteiger partial charge in [0, 0.05) is 32.4 Å². The van der Waals surface area contributed by atoms with Crippen molar-refractivity contribution in [1.29, 1.82) is 0 Å². The number of hydrogen-bond acceptors (Lipinski definition) is 3. The number of nitrogens with zero attached hydrogens (tertiary/aromatic N) is 2. The number of carbonyl (C=O) groups excluding carboxylic acids is 2. The molecule has 0 bridgehead atoms. The zero-order valence-corrected chi connectivity index (χ0v) is 11.3. The van der Waals surface area contributed by atoms with Gasteiger partial charge in [0.25, 0.3) is 0 Å². The van der Waals surface area contributed by atoms with Gasteiger partial charge in [-0.2, -0.15) is 0 Å². The van der Waals surface area contributed by atoms with Gasteiger partial charge in [-0.15, -0.1) is 0 Å². The lowest BCUT2D eigenvalue weighted by Gasteiger charge is -2.31. The summed E-state index contributed by atoms with van der Waals surface area (Å²) < 4.78 is 0. The minimum absolute atomic E-state index is 0.00477. The average Bonchev–Trinajstić information content (AvgIpc) is 2.92. The molecule has 6 nitrogen and oxygen atoms in total. The molecular weight excluding hydrogens is 244 g/mol. The first-order chi connectivity index (χ1) is 9.08. The Hall–Kier alpha value is -1.85. The van der Waals surface area contributed by atoms with Gasteiger partial charge in [0.2, 0.25) is 11.8 Å². The number of aromatic amines is 1. The van der Waals surface area contributed by atoms with Crippen LogP contribution in [0.15, 0.2) is 12.4 Å². The summed E-state index contributed by atoms with van der Waals surface area (Å²) in [6.45, 7) is 4.72.